The van der Waals surface area contributed by atoms with E-state index in [1.165, 1.54) is 18.2 Å². The Kier molecular flexibility index (Phi) is 5.79. The Balaban J connectivity index is 1.40. The molecule has 8 heteroatoms. The van der Waals surface area contributed by atoms with Crippen LogP contribution in [0.1, 0.15) is 34.8 Å². The third-order valence-corrected chi connectivity index (χ3v) is 5.84. The number of nitrogens with one attached hydrogen (secondary N) is 1. The molecule has 0 bridgehead atoms. The quantitative estimate of drug-likeness (QED) is 0.604. The number of ether oxygens (including phenoxy) is 3. The van der Waals surface area contributed by atoms with Gasteiger partial charge < -0.3 is 24.4 Å². The molecule has 2 amide bonds. The molecule has 3 aromatic rings. The summed E-state index contributed by atoms with van der Waals surface area (Å²) in [5.74, 6) is 0.658. The molecule has 0 aliphatic carbocycles. The zero-order valence-corrected chi connectivity index (χ0v) is 18.5. The number of hydrogen-bond donors (Lipinski definition) is 1. The lowest BCUT2D eigenvalue weighted by Crippen LogP contribution is -2.38. The van der Waals surface area contributed by atoms with E-state index >= 15 is 0 Å². The maximum atomic E-state index is 14.0. The van der Waals surface area contributed by atoms with Crippen molar-refractivity contribution in [3.63, 3.8) is 0 Å². The topological polar surface area (TPSA) is 77.1 Å². The van der Waals surface area contributed by atoms with Gasteiger partial charge in [0.25, 0.3) is 11.8 Å². The third-order valence-electron chi connectivity index (χ3n) is 5.84. The van der Waals surface area contributed by atoms with E-state index in [0.717, 1.165) is 11.1 Å². The van der Waals surface area contributed by atoms with Crippen LogP contribution in [0.15, 0.2) is 60.7 Å². The average Bonchev–Trinajstić information content (AvgIpc) is 3.26. The molecule has 0 radical (unpaired) electrons. The molecular weight excluding hydrogens is 439 g/mol. The molecular formula is C26H23FN2O5. The summed E-state index contributed by atoms with van der Waals surface area (Å²) in [6, 6.07) is 16.6. The van der Waals surface area contributed by atoms with E-state index in [0.29, 0.717) is 42.4 Å². The Labute approximate surface area is 196 Å². The molecule has 1 N–H and O–H groups in total. The van der Waals surface area contributed by atoms with Crippen LogP contribution in [0.25, 0.3) is 0 Å². The number of fused-ring (bicyclic) bond motifs is 2. The first-order valence-electron chi connectivity index (χ1n) is 11.0. The van der Waals surface area contributed by atoms with E-state index in [9.17, 15) is 14.0 Å². The van der Waals surface area contributed by atoms with Crippen LogP contribution in [-0.4, -0.2) is 29.6 Å². The summed E-state index contributed by atoms with van der Waals surface area (Å²) in [4.78, 5) is 27.5. The minimum atomic E-state index is -0.617. The Morgan fingerprint density at radius 1 is 1.06 bits per heavy atom. The number of nitrogens with zero attached hydrogens (tertiary/aromatic N) is 1. The Morgan fingerprint density at radius 3 is 2.68 bits per heavy atom. The molecule has 2 aliphatic heterocycles. The molecule has 1 atom stereocenters. The Morgan fingerprint density at radius 2 is 1.85 bits per heavy atom. The van der Waals surface area contributed by atoms with Crippen molar-refractivity contribution in [3.8, 4) is 17.2 Å². The number of benzene rings is 3. The van der Waals surface area contributed by atoms with Crippen molar-refractivity contribution >= 4 is 17.5 Å². The molecule has 0 spiro atoms. The number of carbonyl (C=O) groups excluding carboxylic acids is 2. The fourth-order valence-electron chi connectivity index (χ4n) is 4.08. The third kappa shape index (κ3) is 4.26. The van der Waals surface area contributed by atoms with Crippen LogP contribution < -0.4 is 19.5 Å². The number of halogens is 1. The van der Waals surface area contributed by atoms with E-state index in [1.54, 1.807) is 29.2 Å². The van der Waals surface area contributed by atoms with Crippen LogP contribution >= 0.6 is 0 Å². The predicted molar refractivity (Wildman–Crippen MR) is 122 cm³/mol. The summed E-state index contributed by atoms with van der Waals surface area (Å²) in [6.45, 7) is 2.74. The first kappa shape index (κ1) is 21.8. The summed E-state index contributed by atoms with van der Waals surface area (Å²) in [7, 11) is 0. The highest BCUT2D eigenvalue weighted by atomic mass is 19.1. The van der Waals surface area contributed by atoms with Gasteiger partial charge in [-0.05, 0) is 54.4 Å². The van der Waals surface area contributed by atoms with Crippen LogP contribution in [0.2, 0.25) is 0 Å². The van der Waals surface area contributed by atoms with Crippen LogP contribution in [0.5, 0.6) is 17.2 Å². The molecule has 7 nitrogen and oxygen atoms in total. The molecule has 34 heavy (non-hydrogen) atoms. The van der Waals surface area contributed by atoms with Crippen molar-refractivity contribution in [3.05, 3.63) is 83.2 Å². The van der Waals surface area contributed by atoms with Gasteiger partial charge in [-0.25, -0.2) is 4.39 Å². The van der Waals surface area contributed by atoms with Gasteiger partial charge in [-0.2, -0.15) is 0 Å². The molecule has 3 aromatic carbocycles. The van der Waals surface area contributed by atoms with Crippen molar-refractivity contribution in [1.29, 1.82) is 0 Å². The molecule has 0 saturated carbocycles. The maximum absolute atomic E-state index is 14.0. The first-order chi connectivity index (χ1) is 16.5. The van der Waals surface area contributed by atoms with Gasteiger partial charge in [-0.3, -0.25) is 9.59 Å². The second-order valence-electron chi connectivity index (χ2n) is 8.15. The molecule has 174 valence electrons. The minimum Gasteiger partial charge on any atom is -0.480 e. The number of carbonyl (C=O) groups is 2. The van der Waals surface area contributed by atoms with E-state index < -0.39 is 17.8 Å². The molecule has 5 rings (SSSR count). The summed E-state index contributed by atoms with van der Waals surface area (Å²) < 4.78 is 30.8. The Bertz CT molecular complexity index is 1260. The lowest BCUT2D eigenvalue weighted by molar-refractivity contribution is -0.139. The highest BCUT2D eigenvalue weighted by Crippen LogP contribution is 2.34. The summed E-state index contributed by atoms with van der Waals surface area (Å²) in [5.41, 5.74) is 2.09. The van der Waals surface area contributed by atoms with E-state index in [4.69, 9.17) is 14.2 Å². The van der Waals surface area contributed by atoms with Crippen LogP contribution in [0, 0.1) is 5.82 Å². The lowest BCUT2D eigenvalue weighted by atomic mass is 10.1. The summed E-state index contributed by atoms with van der Waals surface area (Å²) in [6.07, 6.45) is -0.101. The van der Waals surface area contributed by atoms with Crippen molar-refractivity contribution in [2.45, 2.75) is 32.5 Å². The molecule has 0 fully saturated rings. The van der Waals surface area contributed by atoms with Gasteiger partial charge in [0.1, 0.15) is 11.6 Å². The van der Waals surface area contributed by atoms with E-state index in [2.05, 4.69) is 5.32 Å². The number of anilines is 1. The van der Waals surface area contributed by atoms with Gasteiger partial charge in [-0.1, -0.05) is 25.1 Å². The SMILES string of the molecule is CCC1Oc2ccc(NC(=O)c3ccccc3F)cc2CN(Cc2ccc3c(c2)OCO3)C1=O. The minimum absolute atomic E-state index is 0.0423. The standard InChI is InChI=1S/C26H23FN2O5/c1-2-21-26(31)29(13-16-7-9-23-24(11-16)33-15-32-23)14-17-12-18(8-10-22(17)34-21)28-25(30)19-5-3-4-6-20(19)27/h3-12,21H,2,13-15H2,1H3,(H,28,30). The lowest BCUT2D eigenvalue weighted by Gasteiger charge is -2.23. The van der Waals surface area contributed by atoms with Gasteiger partial charge in [0, 0.05) is 24.3 Å². The van der Waals surface area contributed by atoms with Crippen LogP contribution in [0.4, 0.5) is 10.1 Å². The second kappa shape index (κ2) is 9.05. The van der Waals surface area contributed by atoms with Gasteiger partial charge in [-0.15, -0.1) is 0 Å². The largest absolute Gasteiger partial charge is 0.480 e. The fourth-order valence-corrected chi connectivity index (χ4v) is 4.08. The van der Waals surface area contributed by atoms with E-state index in [-0.39, 0.29) is 18.3 Å². The van der Waals surface area contributed by atoms with E-state index in [1.807, 2.05) is 25.1 Å². The van der Waals surface area contributed by atoms with Crippen molar-refractivity contribution in [2.24, 2.45) is 0 Å². The highest BCUT2D eigenvalue weighted by molar-refractivity contribution is 6.04. The highest BCUT2D eigenvalue weighted by Gasteiger charge is 2.30. The van der Waals surface area contributed by atoms with Gasteiger partial charge in [0.05, 0.1) is 5.56 Å². The average molecular weight is 462 g/mol. The van der Waals surface area contributed by atoms with Crippen molar-refractivity contribution < 1.29 is 28.2 Å². The Hall–Kier alpha value is -4.07. The van der Waals surface area contributed by atoms with Gasteiger partial charge in [0.15, 0.2) is 17.6 Å². The smallest absolute Gasteiger partial charge is 0.264 e. The van der Waals surface area contributed by atoms with Crippen LogP contribution in [0.3, 0.4) is 0 Å². The molecule has 2 heterocycles. The number of hydrogen-bond acceptors (Lipinski definition) is 5. The second-order valence-corrected chi connectivity index (χ2v) is 8.15. The monoisotopic (exact) mass is 462 g/mol. The van der Waals surface area contributed by atoms with Crippen molar-refractivity contribution in [2.75, 3.05) is 12.1 Å². The normalized spacial score (nSPS) is 16.5. The zero-order chi connectivity index (χ0) is 23.7. The van der Waals surface area contributed by atoms with Crippen molar-refractivity contribution in [1.82, 2.24) is 4.90 Å². The molecule has 2 aliphatic rings. The maximum Gasteiger partial charge on any atom is 0.264 e. The zero-order valence-electron chi connectivity index (χ0n) is 18.5. The summed E-state index contributed by atoms with van der Waals surface area (Å²) in [5, 5.41) is 2.73. The summed E-state index contributed by atoms with van der Waals surface area (Å²) >= 11 is 0. The fraction of sp³-hybridized carbons (Fsp3) is 0.231. The molecule has 0 saturated heterocycles. The number of rotatable bonds is 5. The van der Waals surface area contributed by atoms with Gasteiger partial charge >= 0.3 is 0 Å². The van der Waals surface area contributed by atoms with Gasteiger partial charge in [0.2, 0.25) is 6.79 Å². The predicted octanol–water partition coefficient (Wildman–Crippen LogP) is 4.51. The first-order valence-corrected chi connectivity index (χ1v) is 11.0. The molecule has 0 aromatic heterocycles. The number of amides is 2. The molecule has 1 unspecified atom stereocenters. The van der Waals surface area contributed by atoms with Crippen LogP contribution in [-0.2, 0) is 17.9 Å².